The summed E-state index contributed by atoms with van der Waals surface area (Å²) in [6, 6.07) is 5.84. The normalized spacial score (nSPS) is 24.4. The van der Waals surface area contributed by atoms with Gasteiger partial charge in [-0.05, 0) is 25.0 Å². The van der Waals surface area contributed by atoms with Crippen molar-refractivity contribution in [1.29, 1.82) is 0 Å². The molecule has 15 heavy (non-hydrogen) atoms. The third-order valence-corrected chi connectivity index (χ3v) is 2.57. The van der Waals surface area contributed by atoms with E-state index in [0.29, 0.717) is 12.8 Å². The van der Waals surface area contributed by atoms with Crippen LogP contribution in [0.5, 0.6) is 0 Å². The molecule has 0 unspecified atom stereocenters. The molecule has 0 spiro atoms. The van der Waals surface area contributed by atoms with Gasteiger partial charge in [0.2, 0.25) is 0 Å². The Hall–Kier alpha value is -1.42. The minimum Gasteiger partial charge on any atom is -0.393 e. The van der Waals surface area contributed by atoms with Crippen molar-refractivity contribution in [2.75, 3.05) is 0 Å². The van der Waals surface area contributed by atoms with E-state index in [0.717, 1.165) is 0 Å². The van der Waals surface area contributed by atoms with Crippen LogP contribution in [-0.4, -0.2) is 23.2 Å². The molecular formula is C11H12FNO2. The van der Waals surface area contributed by atoms with Crippen molar-refractivity contribution in [2.24, 2.45) is 0 Å². The van der Waals surface area contributed by atoms with E-state index in [-0.39, 0.29) is 17.7 Å². The second-order valence-electron chi connectivity index (χ2n) is 3.78. The van der Waals surface area contributed by atoms with Crippen LogP contribution in [0.15, 0.2) is 24.3 Å². The lowest BCUT2D eigenvalue weighted by atomic mass is 9.89. The highest BCUT2D eigenvalue weighted by atomic mass is 19.1. The van der Waals surface area contributed by atoms with Crippen LogP contribution in [0.1, 0.15) is 23.2 Å². The zero-order chi connectivity index (χ0) is 10.8. The molecule has 2 rings (SSSR count). The maximum Gasteiger partial charge on any atom is 0.254 e. The van der Waals surface area contributed by atoms with E-state index in [1.807, 2.05) is 0 Å². The quantitative estimate of drug-likeness (QED) is 0.765. The van der Waals surface area contributed by atoms with Gasteiger partial charge in [0.25, 0.3) is 5.91 Å². The number of benzene rings is 1. The van der Waals surface area contributed by atoms with E-state index < -0.39 is 11.7 Å². The molecule has 2 N–H and O–H groups in total. The highest BCUT2D eigenvalue weighted by Gasteiger charge is 2.29. The first-order valence-electron chi connectivity index (χ1n) is 4.90. The molecule has 1 aromatic carbocycles. The van der Waals surface area contributed by atoms with Crippen LogP contribution in [0, 0.1) is 5.82 Å². The van der Waals surface area contributed by atoms with Gasteiger partial charge in [0, 0.05) is 6.04 Å². The Balaban J connectivity index is 1.99. The second-order valence-corrected chi connectivity index (χ2v) is 3.78. The van der Waals surface area contributed by atoms with E-state index in [4.69, 9.17) is 5.11 Å². The standard InChI is InChI=1S/C11H12FNO2/c12-10-4-2-1-3-9(10)11(15)13-7-5-8(14)6-7/h1-4,7-8,14H,5-6H2,(H,13,15). The summed E-state index contributed by atoms with van der Waals surface area (Å²) in [5.74, 6) is -0.931. The van der Waals surface area contributed by atoms with Crippen molar-refractivity contribution < 1.29 is 14.3 Å². The number of amides is 1. The zero-order valence-corrected chi connectivity index (χ0v) is 8.11. The number of halogens is 1. The van der Waals surface area contributed by atoms with Crippen molar-refractivity contribution >= 4 is 5.91 Å². The molecule has 0 atom stereocenters. The molecule has 0 saturated heterocycles. The Morgan fingerprint density at radius 3 is 2.67 bits per heavy atom. The van der Waals surface area contributed by atoms with Crippen molar-refractivity contribution in [3.8, 4) is 0 Å². The van der Waals surface area contributed by atoms with Gasteiger partial charge in [-0.15, -0.1) is 0 Å². The maximum atomic E-state index is 13.2. The summed E-state index contributed by atoms with van der Waals surface area (Å²) in [5.41, 5.74) is 0.0545. The van der Waals surface area contributed by atoms with Crippen molar-refractivity contribution in [3.05, 3.63) is 35.6 Å². The molecule has 1 aliphatic carbocycles. The van der Waals surface area contributed by atoms with Crippen molar-refractivity contribution in [1.82, 2.24) is 5.32 Å². The molecule has 0 radical (unpaired) electrons. The number of aliphatic hydroxyl groups is 1. The molecule has 1 saturated carbocycles. The molecule has 3 nitrogen and oxygen atoms in total. The van der Waals surface area contributed by atoms with Gasteiger partial charge < -0.3 is 10.4 Å². The number of hydrogen-bond acceptors (Lipinski definition) is 2. The van der Waals surface area contributed by atoms with Crippen LogP contribution >= 0.6 is 0 Å². The fourth-order valence-corrected chi connectivity index (χ4v) is 1.61. The van der Waals surface area contributed by atoms with Gasteiger partial charge in [-0.1, -0.05) is 12.1 Å². The number of aliphatic hydroxyl groups excluding tert-OH is 1. The Kier molecular flexibility index (Phi) is 2.68. The summed E-state index contributed by atoms with van der Waals surface area (Å²) in [6.07, 6.45) is 0.788. The van der Waals surface area contributed by atoms with Crippen LogP contribution in [-0.2, 0) is 0 Å². The summed E-state index contributed by atoms with van der Waals surface area (Å²) in [7, 11) is 0. The van der Waals surface area contributed by atoms with Crippen molar-refractivity contribution in [3.63, 3.8) is 0 Å². The lowest BCUT2D eigenvalue weighted by Crippen LogP contribution is -2.46. The average molecular weight is 209 g/mol. The van der Waals surface area contributed by atoms with Crippen LogP contribution in [0.2, 0.25) is 0 Å². The smallest absolute Gasteiger partial charge is 0.254 e. The van der Waals surface area contributed by atoms with Crippen LogP contribution in [0.25, 0.3) is 0 Å². The number of carbonyl (C=O) groups excluding carboxylic acids is 1. The second kappa shape index (κ2) is 3.98. The van der Waals surface area contributed by atoms with Crippen LogP contribution in [0.4, 0.5) is 4.39 Å². The summed E-state index contributed by atoms with van der Waals surface area (Å²) in [4.78, 5) is 11.5. The molecule has 4 heteroatoms. The zero-order valence-electron chi connectivity index (χ0n) is 8.11. The Morgan fingerprint density at radius 2 is 2.07 bits per heavy atom. The fourth-order valence-electron chi connectivity index (χ4n) is 1.61. The van der Waals surface area contributed by atoms with Crippen LogP contribution in [0.3, 0.4) is 0 Å². The lowest BCUT2D eigenvalue weighted by Gasteiger charge is -2.31. The van der Waals surface area contributed by atoms with E-state index in [9.17, 15) is 9.18 Å². The third kappa shape index (κ3) is 2.15. The monoisotopic (exact) mass is 209 g/mol. The third-order valence-electron chi connectivity index (χ3n) is 2.57. The fraction of sp³-hybridized carbons (Fsp3) is 0.364. The summed E-state index contributed by atoms with van der Waals surface area (Å²) >= 11 is 0. The lowest BCUT2D eigenvalue weighted by molar-refractivity contribution is 0.0561. The topological polar surface area (TPSA) is 49.3 Å². The Bertz CT molecular complexity index is 375. The number of nitrogens with one attached hydrogen (secondary N) is 1. The van der Waals surface area contributed by atoms with Gasteiger partial charge in [-0.2, -0.15) is 0 Å². The maximum absolute atomic E-state index is 13.2. The van der Waals surface area contributed by atoms with E-state index in [1.165, 1.54) is 12.1 Å². The molecule has 1 fully saturated rings. The highest BCUT2D eigenvalue weighted by molar-refractivity contribution is 5.94. The highest BCUT2D eigenvalue weighted by Crippen LogP contribution is 2.20. The van der Waals surface area contributed by atoms with Gasteiger partial charge in [0.1, 0.15) is 5.82 Å². The summed E-state index contributed by atoms with van der Waals surface area (Å²) < 4.78 is 13.2. The predicted molar refractivity (Wildman–Crippen MR) is 52.9 cm³/mol. The molecule has 1 aromatic rings. The van der Waals surface area contributed by atoms with E-state index in [2.05, 4.69) is 5.32 Å². The average Bonchev–Trinajstić information content (AvgIpc) is 2.16. The Morgan fingerprint density at radius 1 is 1.40 bits per heavy atom. The van der Waals surface area contributed by atoms with Gasteiger partial charge in [0.05, 0.1) is 11.7 Å². The molecule has 1 aliphatic rings. The van der Waals surface area contributed by atoms with Crippen LogP contribution < -0.4 is 5.32 Å². The largest absolute Gasteiger partial charge is 0.393 e. The first-order chi connectivity index (χ1) is 7.16. The predicted octanol–water partition coefficient (Wildman–Crippen LogP) is 1.08. The molecular weight excluding hydrogens is 197 g/mol. The minimum absolute atomic E-state index is 0.0212. The molecule has 1 amide bonds. The van der Waals surface area contributed by atoms with E-state index in [1.54, 1.807) is 12.1 Å². The Labute approximate surface area is 86.9 Å². The van der Waals surface area contributed by atoms with Gasteiger partial charge in [-0.3, -0.25) is 4.79 Å². The minimum atomic E-state index is -0.519. The SMILES string of the molecule is O=C(NC1CC(O)C1)c1ccccc1F. The first kappa shape index (κ1) is 10.1. The number of hydrogen-bond donors (Lipinski definition) is 2. The molecule has 0 aromatic heterocycles. The van der Waals surface area contributed by atoms with E-state index >= 15 is 0 Å². The summed E-state index contributed by atoms with van der Waals surface area (Å²) in [6.45, 7) is 0. The van der Waals surface area contributed by atoms with Gasteiger partial charge in [0.15, 0.2) is 0 Å². The molecule has 0 aliphatic heterocycles. The van der Waals surface area contributed by atoms with Gasteiger partial charge >= 0.3 is 0 Å². The summed E-state index contributed by atoms with van der Waals surface area (Å²) in [5, 5.41) is 11.7. The molecule has 0 heterocycles. The number of carbonyl (C=O) groups is 1. The number of rotatable bonds is 2. The molecule has 0 bridgehead atoms. The van der Waals surface area contributed by atoms with Crippen molar-refractivity contribution in [2.45, 2.75) is 25.0 Å². The first-order valence-corrected chi connectivity index (χ1v) is 4.90. The van der Waals surface area contributed by atoms with Gasteiger partial charge in [-0.25, -0.2) is 4.39 Å². The molecule has 80 valence electrons.